The number of nitrogens with zero attached hydrogens (tertiary/aromatic N) is 1. The minimum atomic E-state index is -4.53. The number of benzene rings is 1. The SMILES string of the molecule is CCOC(=O)C(O)c1cc(C(=O)Nc2cccc(C(F)(F)F)c2)n(C)c1. The van der Waals surface area contributed by atoms with Gasteiger partial charge in [0.1, 0.15) is 5.69 Å². The predicted octanol–water partition coefficient (Wildman–Crippen LogP) is 2.89. The number of hydrogen-bond donors (Lipinski definition) is 2. The number of halogens is 3. The van der Waals surface area contributed by atoms with Crippen molar-refractivity contribution >= 4 is 17.6 Å². The standard InChI is InChI=1S/C17H17F3N2O4/c1-3-26-16(25)14(23)10-7-13(22(2)9-10)15(24)21-12-6-4-5-11(8-12)17(18,19)20/h4-9,14,23H,3H2,1-2H3,(H,21,24). The molecule has 2 N–H and O–H groups in total. The van der Waals surface area contributed by atoms with E-state index in [1.54, 1.807) is 6.92 Å². The second-order valence-electron chi connectivity index (χ2n) is 5.46. The van der Waals surface area contributed by atoms with E-state index in [0.29, 0.717) is 0 Å². The average molecular weight is 370 g/mol. The summed E-state index contributed by atoms with van der Waals surface area (Å²) in [7, 11) is 1.50. The van der Waals surface area contributed by atoms with Crippen molar-refractivity contribution in [3.05, 3.63) is 53.3 Å². The first-order valence-corrected chi connectivity index (χ1v) is 7.63. The van der Waals surface area contributed by atoms with Crippen molar-refractivity contribution in [2.45, 2.75) is 19.2 Å². The summed E-state index contributed by atoms with van der Waals surface area (Å²) < 4.78 is 44.3. The number of nitrogens with one attached hydrogen (secondary N) is 1. The van der Waals surface area contributed by atoms with Gasteiger partial charge in [-0.2, -0.15) is 13.2 Å². The van der Waals surface area contributed by atoms with Crippen LogP contribution in [0.3, 0.4) is 0 Å². The highest BCUT2D eigenvalue weighted by Crippen LogP contribution is 2.30. The number of carbonyl (C=O) groups excluding carboxylic acids is 2. The average Bonchev–Trinajstić information content (AvgIpc) is 2.95. The molecule has 0 aliphatic rings. The van der Waals surface area contributed by atoms with Crippen LogP contribution in [-0.2, 0) is 22.8 Å². The van der Waals surface area contributed by atoms with Crippen molar-refractivity contribution in [1.29, 1.82) is 0 Å². The number of amides is 1. The molecular formula is C17H17F3N2O4. The fraction of sp³-hybridized carbons (Fsp3) is 0.294. The van der Waals surface area contributed by atoms with Gasteiger partial charge in [0.2, 0.25) is 0 Å². The van der Waals surface area contributed by atoms with E-state index in [-0.39, 0.29) is 23.6 Å². The van der Waals surface area contributed by atoms with E-state index in [9.17, 15) is 27.9 Å². The first-order valence-electron chi connectivity index (χ1n) is 7.63. The van der Waals surface area contributed by atoms with E-state index < -0.39 is 29.7 Å². The molecular weight excluding hydrogens is 353 g/mol. The Kier molecular flexibility index (Phi) is 5.71. The van der Waals surface area contributed by atoms with Crippen molar-refractivity contribution in [2.75, 3.05) is 11.9 Å². The number of rotatable bonds is 5. The monoisotopic (exact) mass is 370 g/mol. The summed E-state index contributed by atoms with van der Waals surface area (Å²) >= 11 is 0. The maximum Gasteiger partial charge on any atom is 0.416 e. The van der Waals surface area contributed by atoms with Crippen molar-refractivity contribution < 1.29 is 32.6 Å². The summed E-state index contributed by atoms with van der Waals surface area (Å²) in [5.74, 6) is -1.54. The van der Waals surface area contributed by atoms with Crippen molar-refractivity contribution in [2.24, 2.45) is 7.05 Å². The Balaban J connectivity index is 2.19. The topological polar surface area (TPSA) is 80.6 Å². The van der Waals surface area contributed by atoms with Crippen LogP contribution in [0.4, 0.5) is 18.9 Å². The van der Waals surface area contributed by atoms with Gasteiger partial charge in [0.05, 0.1) is 12.2 Å². The maximum atomic E-state index is 12.7. The minimum Gasteiger partial charge on any atom is -0.464 e. The third-order valence-electron chi connectivity index (χ3n) is 3.53. The van der Waals surface area contributed by atoms with Crippen LogP contribution in [0.2, 0.25) is 0 Å². The summed E-state index contributed by atoms with van der Waals surface area (Å²) in [6, 6.07) is 5.48. The largest absolute Gasteiger partial charge is 0.464 e. The number of aliphatic hydroxyl groups is 1. The third kappa shape index (κ3) is 4.42. The molecule has 0 fully saturated rings. The molecule has 26 heavy (non-hydrogen) atoms. The van der Waals surface area contributed by atoms with Gasteiger partial charge < -0.3 is 19.7 Å². The molecule has 2 rings (SSSR count). The molecule has 0 radical (unpaired) electrons. The first-order chi connectivity index (χ1) is 12.1. The lowest BCUT2D eigenvalue weighted by molar-refractivity contribution is -0.153. The Labute approximate surface area is 147 Å². The van der Waals surface area contributed by atoms with Crippen LogP contribution < -0.4 is 5.32 Å². The molecule has 2 aromatic rings. The normalized spacial score (nSPS) is 12.5. The smallest absolute Gasteiger partial charge is 0.416 e. The number of esters is 1. The summed E-state index contributed by atoms with van der Waals surface area (Å²) in [5, 5.41) is 12.3. The third-order valence-corrected chi connectivity index (χ3v) is 3.53. The van der Waals surface area contributed by atoms with E-state index in [2.05, 4.69) is 5.32 Å². The van der Waals surface area contributed by atoms with Gasteiger partial charge in [-0.05, 0) is 31.2 Å². The quantitative estimate of drug-likeness (QED) is 0.793. The number of ether oxygens (including phenoxy) is 1. The Morgan fingerprint density at radius 2 is 2.00 bits per heavy atom. The molecule has 9 heteroatoms. The highest BCUT2D eigenvalue weighted by molar-refractivity contribution is 6.03. The molecule has 1 aromatic carbocycles. The summed E-state index contributed by atoms with van der Waals surface area (Å²) in [5.41, 5.74) is -0.722. The molecule has 0 saturated carbocycles. The zero-order chi connectivity index (χ0) is 19.5. The molecule has 1 aromatic heterocycles. The zero-order valence-corrected chi connectivity index (χ0v) is 14.0. The molecule has 1 heterocycles. The number of anilines is 1. The second-order valence-corrected chi connectivity index (χ2v) is 5.46. The first kappa shape index (κ1) is 19.5. The number of aryl methyl sites for hydroxylation is 1. The van der Waals surface area contributed by atoms with E-state index >= 15 is 0 Å². The van der Waals surface area contributed by atoms with Gasteiger partial charge in [-0.25, -0.2) is 4.79 Å². The fourth-order valence-electron chi connectivity index (χ4n) is 2.29. The highest BCUT2D eigenvalue weighted by Gasteiger charge is 2.30. The molecule has 0 saturated heterocycles. The Hall–Kier alpha value is -2.81. The van der Waals surface area contributed by atoms with Crippen LogP contribution in [-0.4, -0.2) is 28.2 Å². The van der Waals surface area contributed by atoms with Gasteiger partial charge in [0.25, 0.3) is 5.91 Å². The van der Waals surface area contributed by atoms with Crippen LogP contribution in [0, 0.1) is 0 Å². The molecule has 0 aliphatic heterocycles. The molecule has 140 valence electrons. The molecule has 0 bridgehead atoms. The van der Waals surface area contributed by atoms with Crippen molar-refractivity contribution in [3.63, 3.8) is 0 Å². The lowest BCUT2D eigenvalue weighted by Gasteiger charge is -2.10. The number of aromatic nitrogens is 1. The molecule has 1 unspecified atom stereocenters. The predicted molar refractivity (Wildman–Crippen MR) is 86.4 cm³/mol. The number of aliphatic hydroxyl groups excluding tert-OH is 1. The molecule has 1 atom stereocenters. The minimum absolute atomic E-state index is 0.0292. The second kappa shape index (κ2) is 7.61. The van der Waals surface area contributed by atoms with Gasteiger partial charge in [-0.1, -0.05) is 6.07 Å². The van der Waals surface area contributed by atoms with Gasteiger partial charge in [0.15, 0.2) is 6.10 Å². The lowest BCUT2D eigenvalue weighted by Crippen LogP contribution is -2.16. The summed E-state index contributed by atoms with van der Waals surface area (Å²) in [6.07, 6.45) is -4.72. The van der Waals surface area contributed by atoms with E-state index in [4.69, 9.17) is 4.74 Å². The van der Waals surface area contributed by atoms with Crippen LogP contribution >= 0.6 is 0 Å². The van der Waals surface area contributed by atoms with Crippen molar-refractivity contribution in [1.82, 2.24) is 4.57 Å². The highest BCUT2D eigenvalue weighted by atomic mass is 19.4. The zero-order valence-electron chi connectivity index (χ0n) is 14.0. The Morgan fingerprint density at radius 1 is 1.31 bits per heavy atom. The lowest BCUT2D eigenvalue weighted by atomic mass is 10.1. The molecule has 0 aliphatic carbocycles. The Morgan fingerprint density at radius 3 is 2.62 bits per heavy atom. The van der Waals surface area contributed by atoms with Crippen LogP contribution in [0.5, 0.6) is 0 Å². The van der Waals surface area contributed by atoms with Crippen LogP contribution in [0.1, 0.15) is 34.6 Å². The number of alkyl halides is 3. The molecule has 6 nitrogen and oxygen atoms in total. The van der Waals surface area contributed by atoms with Gasteiger partial charge in [-0.15, -0.1) is 0 Å². The molecule has 0 spiro atoms. The van der Waals surface area contributed by atoms with E-state index in [1.807, 2.05) is 0 Å². The van der Waals surface area contributed by atoms with E-state index in [1.165, 1.54) is 36.0 Å². The Bertz CT molecular complexity index is 815. The van der Waals surface area contributed by atoms with E-state index in [0.717, 1.165) is 12.1 Å². The maximum absolute atomic E-state index is 12.7. The summed E-state index contributed by atoms with van der Waals surface area (Å²) in [4.78, 5) is 23.9. The van der Waals surface area contributed by atoms with Gasteiger partial charge in [0, 0.05) is 24.5 Å². The van der Waals surface area contributed by atoms with Crippen molar-refractivity contribution in [3.8, 4) is 0 Å². The fourth-order valence-corrected chi connectivity index (χ4v) is 2.29. The van der Waals surface area contributed by atoms with Gasteiger partial charge in [-0.3, -0.25) is 4.79 Å². The summed E-state index contributed by atoms with van der Waals surface area (Å²) in [6.45, 7) is 1.68. The molecule has 1 amide bonds. The number of carbonyl (C=O) groups is 2. The van der Waals surface area contributed by atoms with Gasteiger partial charge >= 0.3 is 12.1 Å². The van der Waals surface area contributed by atoms with Crippen LogP contribution in [0.25, 0.3) is 0 Å². The van der Waals surface area contributed by atoms with Crippen LogP contribution in [0.15, 0.2) is 36.5 Å². The number of hydrogen-bond acceptors (Lipinski definition) is 4.